The van der Waals surface area contributed by atoms with Gasteiger partial charge >= 0.3 is 0 Å². The number of oxazole rings is 1. The molecular formula is C17H21ClN2O2S. The highest BCUT2D eigenvalue weighted by Gasteiger charge is 2.28. The minimum absolute atomic E-state index is 0.0428. The number of nitrogens with one attached hydrogen (secondary N) is 1. The minimum atomic E-state index is 0.0428. The Hall–Kier alpha value is -1.20. The summed E-state index contributed by atoms with van der Waals surface area (Å²) in [6.07, 6.45) is 3.52. The molecule has 1 fully saturated rings. The van der Waals surface area contributed by atoms with E-state index in [2.05, 4.69) is 24.1 Å². The first kappa shape index (κ1) is 16.7. The second-order valence-corrected chi connectivity index (χ2v) is 7.68. The number of carbonyl (C=O) groups is 1. The molecular weight excluding hydrogens is 332 g/mol. The van der Waals surface area contributed by atoms with Gasteiger partial charge in [-0.05, 0) is 36.5 Å². The minimum Gasteiger partial charge on any atom is -0.431 e. The van der Waals surface area contributed by atoms with Crippen molar-refractivity contribution >= 4 is 40.4 Å². The summed E-state index contributed by atoms with van der Waals surface area (Å²) < 4.78 is 5.61. The van der Waals surface area contributed by atoms with E-state index in [1.54, 1.807) is 18.2 Å². The zero-order chi connectivity index (χ0) is 16.4. The smallest absolute Gasteiger partial charge is 0.257 e. The zero-order valence-electron chi connectivity index (χ0n) is 13.3. The van der Waals surface area contributed by atoms with Crippen molar-refractivity contribution in [3.8, 4) is 0 Å². The lowest BCUT2D eigenvalue weighted by atomic mass is 9.78. The SMILES string of the molecule is C[C@@H]1[C@H](C)CCC[C@@H]1NC(=O)CSc1nc2cc(Cl)ccc2o1. The lowest BCUT2D eigenvalue weighted by molar-refractivity contribution is -0.120. The Morgan fingerprint density at radius 2 is 2.26 bits per heavy atom. The summed E-state index contributed by atoms with van der Waals surface area (Å²) in [5.41, 5.74) is 1.40. The number of hydrogen-bond acceptors (Lipinski definition) is 4. The van der Waals surface area contributed by atoms with Crippen LogP contribution in [0.2, 0.25) is 5.02 Å². The summed E-state index contributed by atoms with van der Waals surface area (Å²) in [7, 11) is 0. The van der Waals surface area contributed by atoms with Gasteiger partial charge in [0.2, 0.25) is 5.91 Å². The Labute approximate surface area is 145 Å². The van der Waals surface area contributed by atoms with Gasteiger partial charge in [0.05, 0.1) is 5.75 Å². The Kier molecular flexibility index (Phi) is 5.17. The molecule has 6 heteroatoms. The van der Waals surface area contributed by atoms with Gasteiger partial charge in [-0.3, -0.25) is 4.79 Å². The molecule has 124 valence electrons. The summed E-state index contributed by atoms with van der Waals surface area (Å²) in [6.45, 7) is 4.49. The van der Waals surface area contributed by atoms with E-state index in [1.807, 2.05) is 0 Å². The Morgan fingerprint density at radius 3 is 3.09 bits per heavy atom. The number of amides is 1. The van der Waals surface area contributed by atoms with Crippen LogP contribution in [0.1, 0.15) is 33.1 Å². The van der Waals surface area contributed by atoms with Crippen LogP contribution in [0.4, 0.5) is 0 Å². The number of carbonyl (C=O) groups excluding carboxylic acids is 1. The van der Waals surface area contributed by atoms with Crippen molar-refractivity contribution in [2.45, 2.75) is 44.4 Å². The molecule has 1 amide bonds. The average molecular weight is 353 g/mol. The summed E-state index contributed by atoms with van der Waals surface area (Å²) in [5.74, 6) is 1.56. The fourth-order valence-electron chi connectivity index (χ4n) is 3.10. The fourth-order valence-corrected chi connectivity index (χ4v) is 3.92. The van der Waals surface area contributed by atoms with E-state index in [0.29, 0.717) is 33.4 Å². The van der Waals surface area contributed by atoms with Crippen LogP contribution < -0.4 is 5.32 Å². The van der Waals surface area contributed by atoms with Gasteiger partial charge < -0.3 is 9.73 Å². The monoisotopic (exact) mass is 352 g/mol. The first-order valence-electron chi connectivity index (χ1n) is 8.01. The van der Waals surface area contributed by atoms with Crippen molar-refractivity contribution in [2.75, 3.05) is 5.75 Å². The number of halogens is 1. The van der Waals surface area contributed by atoms with Crippen molar-refractivity contribution in [3.63, 3.8) is 0 Å². The van der Waals surface area contributed by atoms with Crippen LogP contribution >= 0.6 is 23.4 Å². The highest BCUT2D eigenvalue weighted by Crippen LogP contribution is 2.30. The quantitative estimate of drug-likeness (QED) is 0.822. The van der Waals surface area contributed by atoms with Crippen LogP contribution in [0, 0.1) is 11.8 Å². The number of aromatic nitrogens is 1. The van der Waals surface area contributed by atoms with E-state index < -0.39 is 0 Å². The number of nitrogens with zero attached hydrogens (tertiary/aromatic N) is 1. The predicted octanol–water partition coefficient (Wildman–Crippen LogP) is 4.51. The molecule has 0 saturated heterocycles. The summed E-state index contributed by atoms with van der Waals surface area (Å²) in [5, 5.41) is 4.29. The van der Waals surface area contributed by atoms with E-state index in [1.165, 1.54) is 24.6 Å². The predicted molar refractivity (Wildman–Crippen MR) is 93.9 cm³/mol. The van der Waals surface area contributed by atoms with Gasteiger partial charge in [-0.15, -0.1) is 0 Å². The molecule has 3 rings (SSSR count). The van der Waals surface area contributed by atoms with Gasteiger partial charge in [-0.25, -0.2) is 4.98 Å². The van der Waals surface area contributed by atoms with E-state index in [4.69, 9.17) is 16.0 Å². The molecule has 1 heterocycles. The van der Waals surface area contributed by atoms with Crippen molar-refractivity contribution in [3.05, 3.63) is 23.2 Å². The molecule has 0 spiro atoms. The zero-order valence-corrected chi connectivity index (χ0v) is 14.9. The van der Waals surface area contributed by atoms with E-state index in [9.17, 15) is 4.79 Å². The van der Waals surface area contributed by atoms with E-state index >= 15 is 0 Å². The van der Waals surface area contributed by atoms with Gasteiger partial charge in [0, 0.05) is 11.1 Å². The maximum absolute atomic E-state index is 12.2. The Morgan fingerprint density at radius 1 is 1.43 bits per heavy atom. The number of hydrogen-bond donors (Lipinski definition) is 1. The molecule has 2 aromatic rings. The van der Waals surface area contributed by atoms with Crippen LogP contribution in [0.15, 0.2) is 27.8 Å². The van der Waals surface area contributed by atoms with E-state index in [0.717, 1.165) is 11.9 Å². The highest BCUT2D eigenvalue weighted by atomic mass is 35.5. The molecule has 1 aromatic heterocycles. The van der Waals surface area contributed by atoms with Gasteiger partial charge in [-0.2, -0.15) is 0 Å². The first-order chi connectivity index (χ1) is 11.0. The van der Waals surface area contributed by atoms with E-state index in [-0.39, 0.29) is 11.9 Å². The third-order valence-electron chi connectivity index (χ3n) is 4.71. The van der Waals surface area contributed by atoms with Crippen LogP contribution in [0.25, 0.3) is 11.1 Å². The summed E-state index contributed by atoms with van der Waals surface area (Å²) >= 11 is 7.25. The van der Waals surface area contributed by atoms with Crippen LogP contribution in [-0.4, -0.2) is 22.7 Å². The van der Waals surface area contributed by atoms with Gasteiger partial charge in [0.15, 0.2) is 5.58 Å². The molecule has 1 aliphatic rings. The standard InChI is InChI=1S/C17H21ClN2O2S/c1-10-4-3-5-13(11(10)2)19-16(21)9-23-17-20-14-8-12(18)6-7-15(14)22-17/h6-8,10-11,13H,3-5,9H2,1-2H3,(H,19,21)/t10-,11-,13+/m1/s1. The molecule has 0 radical (unpaired) electrons. The lowest BCUT2D eigenvalue weighted by Crippen LogP contribution is -2.44. The lowest BCUT2D eigenvalue weighted by Gasteiger charge is -2.34. The van der Waals surface area contributed by atoms with Crippen molar-refractivity contribution < 1.29 is 9.21 Å². The van der Waals surface area contributed by atoms with Crippen molar-refractivity contribution in [1.82, 2.24) is 10.3 Å². The molecule has 1 N–H and O–H groups in total. The Bertz CT molecular complexity index is 703. The molecule has 0 bridgehead atoms. The van der Waals surface area contributed by atoms with Gasteiger partial charge in [0.1, 0.15) is 5.52 Å². The van der Waals surface area contributed by atoms with Crippen LogP contribution in [-0.2, 0) is 4.79 Å². The van der Waals surface area contributed by atoms with Gasteiger partial charge in [-0.1, -0.05) is 50.1 Å². The number of fused-ring (bicyclic) bond motifs is 1. The number of benzene rings is 1. The number of thioether (sulfide) groups is 1. The normalized spacial score (nSPS) is 24.7. The molecule has 0 unspecified atom stereocenters. The maximum atomic E-state index is 12.2. The molecule has 4 nitrogen and oxygen atoms in total. The Balaban J connectivity index is 1.55. The van der Waals surface area contributed by atoms with Crippen molar-refractivity contribution in [1.29, 1.82) is 0 Å². The first-order valence-corrected chi connectivity index (χ1v) is 9.37. The largest absolute Gasteiger partial charge is 0.431 e. The summed E-state index contributed by atoms with van der Waals surface area (Å²) in [6, 6.07) is 5.60. The topological polar surface area (TPSA) is 55.1 Å². The third kappa shape index (κ3) is 4.01. The fraction of sp³-hybridized carbons (Fsp3) is 0.529. The van der Waals surface area contributed by atoms with Crippen LogP contribution in [0.3, 0.4) is 0 Å². The molecule has 23 heavy (non-hydrogen) atoms. The molecule has 1 saturated carbocycles. The summed E-state index contributed by atoms with van der Waals surface area (Å²) in [4.78, 5) is 16.5. The van der Waals surface area contributed by atoms with Gasteiger partial charge in [0.25, 0.3) is 5.22 Å². The third-order valence-corrected chi connectivity index (χ3v) is 5.77. The average Bonchev–Trinajstić information content (AvgIpc) is 2.92. The highest BCUT2D eigenvalue weighted by molar-refractivity contribution is 7.99. The molecule has 1 aromatic carbocycles. The molecule has 3 atom stereocenters. The second-order valence-electron chi connectivity index (χ2n) is 6.32. The maximum Gasteiger partial charge on any atom is 0.257 e. The molecule has 0 aliphatic heterocycles. The number of rotatable bonds is 4. The molecule has 1 aliphatic carbocycles. The van der Waals surface area contributed by atoms with Crippen molar-refractivity contribution in [2.24, 2.45) is 11.8 Å². The second kappa shape index (κ2) is 7.14. The van der Waals surface area contributed by atoms with Crippen LogP contribution in [0.5, 0.6) is 0 Å².